The fourth-order valence-electron chi connectivity index (χ4n) is 5.39. The van der Waals surface area contributed by atoms with Gasteiger partial charge in [-0.05, 0) is 73.0 Å². The Morgan fingerprint density at radius 3 is 1.08 bits per heavy atom. The van der Waals surface area contributed by atoms with E-state index < -0.39 is 53.6 Å². The molecule has 9 rings (SSSR count). The molecule has 0 amide bonds. The molecule has 0 aromatic carbocycles. The predicted octanol–water partition coefficient (Wildman–Crippen LogP) is 10.3. The summed E-state index contributed by atoms with van der Waals surface area (Å²) in [6.07, 6.45) is 7.64. The molecule has 9 aromatic heterocycles. The summed E-state index contributed by atoms with van der Waals surface area (Å²) >= 11 is 0. The Balaban J connectivity index is 0.000000461. The second kappa shape index (κ2) is 32.8. The molecule has 0 atom stereocenters. The van der Waals surface area contributed by atoms with E-state index in [9.17, 15) is 39.9 Å². The van der Waals surface area contributed by atoms with Crippen LogP contribution in [0.5, 0.6) is 0 Å². The zero-order valence-electron chi connectivity index (χ0n) is 38.3. The minimum absolute atomic E-state index is 0. The topological polar surface area (TPSA) is 157 Å². The number of hydrogen-bond donors (Lipinski definition) is 1. The van der Waals surface area contributed by atoms with E-state index in [4.69, 9.17) is 5.11 Å². The Morgan fingerprint density at radius 2 is 0.784 bits per heavy atom. The molecule has 0 unspecified atom stereocenters. The van der Waals surface area contributed by atoms with Gasteiger partial charge < -0.3 is 29.9 Å². The summed E-state index contributed by atoms with van der Waals surface area (Å²) in [6, 6.07) is 34.0. The molecule has 0 aliphatic heterocycles. The molecule has 0 aliphatic rings. The van der Waals surface area contributed by atoms with Gasteiger partial charge in [0.15, 0.2) is 0 Å². The van der Waals surface area contributed by atoms with Crippen molar-refractivity contribution < 1.29 is 125 Å². The van der Waals surface area contributed by atoms with Crippen LogP contribution in [0.3, 0.4) is 0 Å². The molecular weight excluding hydrogens is 1690 g/mol. The Morgan fingerprint density at radius 1 is 0.446 bits per heavy atom. The van der Waals surface area contributed by atoms with Crippen LogP contribution in [0.1, 0.15) is 21.6 Å². The fraction of sp³-hybridized carbons (Fsp3) is 0.0800. The fourth-order valence-corrected chi connectivity index (χ4v) is 5.39. The quantitative estimate of drug-likeness (QED) is 0.0957. The van der Waals surface area contributed by atoms with Crippen LogP contribution < -0.4 is 4.90 Å². The smallest absolute Gasteiger partial charge is 0.354 e. The SMILES string of the molecule is CN(C)c1ccnc(-c2[c-]cc(F)nc2F)c1.Cc1ccnc(-c2[c-]cc(F)nc2F)c1.Cc1ccnc(-c2[c-]cc(F)nc2F)c1.Fc1c[c-]c(-c2ccccn2)c(F)n1.O=C(O)c1ccccn1.[Ir].[Ir].[Ir].[Ir]. The Labute approximate surface area is 473 Å². The summed E-state index contributed by atoms with van der Waals surface area (Å²) in [6.45, 7) is 3.72. The first kappa shape index (κ1) is 65.7. The molecule has 0 saturated carbocycles. The maximum atomic E-state index is 13.4. The van der Waals surface area contributed by atoms with E-state index in [1.807, 2.05) is 32.8 Å². The van der Waals surface area contributed by atoms with Gasteiger partial charge >= 0.3 is 5.97 Å². The summed E-state index contributed by atoms with van der Waals surface area (Å²) < 4.78 is 103. The Bertz CT molecular complexity index is 3090. The predicted molar refractivity (Wildman–Crippen MR) is 240 cm³/mol. The van der Waals surface area contributed by atoms with Crippen molar-refractivity contribution in [3.05, 3.63) is 217 Å². The first-order valence-electron chi connectivity index (χ1n) is 20.0. The van der Waals surface area contributed by atoms with Crippen LogP contribution in [-0.4, -0.2) is 70.0 Å². The summed E-state index contributed by atoms with van der Waals surface area (Å²) in [4.78, 5) is 43.7. The number of hydrogen-bond acceptors (Lipinski definition) is 11. The minimum Gasteiger partial charge on any atom is -0.477 e. The molecule has 4 radical (unpaired) electrons. The van der Waals surface area contributed by atoms with Crippen molar-refractivity contribution in [2.24, 2.45) is 0 Å². The van der Waals surface area contributed by atoms with Gasteiger partial charge in [0.1, 0.15) is 53.3 Å². The molecule has 0 bridgehead atoms. The van der Waals surface area contributed by atoms with E-state index in [2.05, 4.69) is 69.1 Å². The third-order valence-electron chi connectivity index (χ3n) is 8.65. The molecule has 392 valence electrons. The normalized spacial score (nSPS) is 9.57. The average Bonchev–Trinajstić information content (AvgIpc) is 3.33. The standard InChI is InChI=1S/C12H10F2N3.2C11H7F2N2.C10H5F2N2.C6H5NO2.4Ir/c1-17(2)8-5-6-15-10(7-8)9-3-4-11(13)16-12(9)14;2*1-7-4-5-14-9(6-7)8-2-3-10(12)15-11(8)13;11-9-5-4-7(10(12)14-9)8-3-1-2-6-13-8;8-6(9)5-3-1-2-4-7-5;;;;/h4-7H,1-2H3;2*3-6H,1H3;1-3,5-6H;1-4H,(H,8,9);;;;/q4*-1;;;;;. The molecule has 74 heavy (non-hydrogen) atoms. The molecule has 1 N–H and O–H groups in total. The first-order chi connectivity index (χ1) is 33.5. The van der Waals surface area contributed by atoms with Crippen LogP contribution >= 0.6 is 0 Å². The van der Waals surface area contributed by atoms with Gasteiger partial charge in [-0.1, -0.05) is 94.0 Å². The van der Waals surface area contributed by atoms with Gasteiger partial charge in [0.25, 0.3) is 0 Å². The van der Waals surface area contributed by atoms with E-state index in [1.54, 1.807) is 85.3 Å². The van der Waals surface area contributed by atoms with Crippen LogP contribution in [0.15, 0.2) is 128 Å². The van der Waals surface area contributed by atoms with Crippen molar-refractivity contribution in [1.29, 1.82) is 0 Å². The number of carboxylic acids is 1. The maximum Gasteiger partial charge on any atom is 0.354 e. The van der Waals surface area contributed by atoms with Crippen molar-refractivity contribution in [2.45, 2.75) is 13.8 Å². The van der Waals surface area contributed by atoms with Crippen molar-refractivity contribution in [1.82, 2.24) is 44.9 Å². The van der Waals surface area contributed by atoms with E-state index in [0.717, 1.165) is 41.1 Å². The zero-order valence-corrected chi connectivity index (χ0v) is 47.9. The molecular formula is C50H34F8Ir4N10O2-4. The van der Waals surface area contributed by atoms with Gasteiger partial charge in [-0.25, -0.2) is 44.9 Å². The number of halogens is 8. The molecule has 0 saturated heterocycles. The van der Waals surface area contributed by atoms with Crippen LogP contribution in [0.25, 0.3) is 45.0 Å². The number of aryl methyl sites for hydroxylation is 2. The van der Waals surface area contributed by atoms with Gasteiger partial charge in [-0.15, -0.1) is 24.3 Å². The van der Waals surface area contributed by atoms with Gasteiger partial charge in [-0.2, -0.15) is 0 Å². The van der Waals surface area contributed by atoms with Crippen molar-refractivity contribution >= 4 is 11.7 Å². The monoisotopic (exact) mass is 1730 g/mol. The number of carbonyl (C=O) groups is 1. The van der Waals surface area contributed by atoms with Gasteiger partial charge in [0, 0.05) is 131 Å². The van der Waals surface area contributed by atoms with Gasteiger partial charge in [-0.3, -0.25) is 19.9 Å². The third-order valence-corrected chi connectivity index (χ3v) is 8.65. The van der Waals surface area contributed by atoms with Crippen LogP contribution in [0.2, 0.25) is 0 Å². The molecule has 12 nitrogen and oxygen atoms in total. The zero-order chi connectivity index (χ0) is 50.7. The second-order valence-corrected chi connectivity index (χ2v) is 14.0. The van der Waals surface area contributed by atoms with Crippen LogP contribution in [-0.2, 0) is 80.4 Å². The van der Waals surface area contributed by atoms with Crippen LogP contribution in [0, 0.1) is 85.7 Å². The van der Waals surface area contributed by atoms with E-state index in [1.165, 1.54) is 18.5 Å². The largest absolute Gasteiger partial charge is 0.477 e. The summed E-state index contributed by atoms with van der Waals surface area (Å²) in [5.74, 6) is -8.14. The summed E-state index contributed by atoms with van der Waals surface area (Å²) in [5, 5.41) is 8.32. The van der Waals surface area contributed by atoms with Crippen molar-refractivity contribution in [3.63, 3.8) is 0 Å². The molecule has 0 aliphatic carbocycles. The molecule has 0 spiro atoms. The van der Waals surface area contributed by atoms with Crippen molar-refractivity contribution in [3.8, 4) is 45.0 Å². The molecule has 9 aromatic rings. The summed E-state index contributed by atoms with van der Waals surface area (Å²) in [7, 11) is 3.73. The second-order valence-electron chi connectivity index (χ2n) is 14.0. The van der Waals surface area contributed by atoms with E-state index in [0.29, 0.717) is 22.8 Å². The average molecular weight is 1730 g/mol. The van der Waals surface area contributed by atoms with E-state index >= 15 is 0 Å². The first-order valence-corrected chi connectivity index (χ1v) is 20.0. The number of nitrogens with zero attached hydrogens (tertiary/aromatic N) is 10. The Hall–Kier alpha value is -6.34. The third kappa shape index (κ3) is 20.5. The minimum atomic E-state index is -0.990. The number of carboxylic acid groups (broad SMARTS) is 1. The molecule has 0 fully saturated rings. The van der Waals surface area contributed by atoms with Crippen molar-refractivity contribution in [2.75, 3.05) is 19.0 Å². The number of aromatic carboxylic acids is 1. The van der Waals surface area contributed by atoms with Crippen LogP contribution in [0.4, 0.5) is 40.8 Å². The van der Waals surface area contributed by atoms with Gasteiger partial charge in [0.05, 0.1) is 0 Å². The molecule has 24 heteroatoms. The maximum absolute atomic E-state index is 13.4. The van der Waals surface area contributed by atoms with E-state index in [-0.39, 0.29) is 108 Å². The summed E-state index contributed by atoms with van der Waals surface area (Å²) in [5.41, 5.74) is 4.71. The molecule has 9 heterocycles. The number of pyridine rings is 9. The number of aromatic nitrogens is 9. The number of rotatable bonds is 6. The number of anilines is 1. The van der Waals surface area contributed by atoms with Gasteiger partial charge in [0.2, 0.25) is 0 Å². The Kier molecular flexibility index (Phi) is 29.1.